The molecule has 0 aromatic heterocycles. The molecule has 0 spiro atoms. The van der Waals surface area contributed by atoms with Crippen LogP contribution in [0, 0.1) is 16.7 Å². The number of benzene rings is 1. The number of esters is 1. The first-order valence-electron chi connectivity index (χ1n) is 10.4. The first-order chi connectivity index (χ1) is 14.5. The summed E-state index contributed by atoms with van der Waals surface area (Å²) in [6.45, 7) is 3.26. The van der Waals surface area contributed by atoms with E-state index in [-0.39, 0.29) is 36.0 Å². The molecule has 2 saturated carbocycles. The SMILES string of the molecule is CN(CC(=O)OCc1ccccc1)C(=O)CNS(=O)(=O)CC12CCC(CC1=O)C2(C)C. The zero-order valence-corrected chi connectivity index (χ0v) is 19.0. The van der Waals surface area contributed by atoms with Crippen molar-refractivity contribution in [2.75, 3.05) is 25.9 Å². The second-order valence-corrected chi connectivity index (χ2v) is 10.9. The van der Waals surface area contributed by atoms with E-state index in [9.17, 15) is 22.8 Å². The van der Waals surface area contributed by atoms with Gasteiger partial charge in [-0.1, -0.05) is 44.2 Å². The molecule has 1 amide bonds. The number of nitrogens with one attached hydrogen (secondary N) is 1. The van der Waals surface area contributed by atoms with Gasteiger partial charge in [0.15, 0.2) is 0 Å². The summed E-state index contributed by atoms with van der Waals surface area (Å²) in [5.74, 6) is -1.23. The Labute approximate surface area is 183 Å². The number of hydrogen-bond acceptors (Lipinski definition) is 6. The van der Waals surface area contributed by atoms with Crippen LogP contribution in [0.1, 0.15) is 38.7 Å². The molecule has 170 valence electrons. The summed E-state index contributed by atoms with van der Waals surface area (Å²) in [5.41, 5.74) is -0.433. The lowest BCUT2D eigenvalue weighted by Gasteiger charge is -2.36. The molecule has 1 aromatic rings. The standard InChI is InChI=1S/C22H30N2O6S/c1-21(2)17-9-10-22(21,18(25)11-17)15-31(28,29)23-12-19(26)24(3)13-20(27)30-14-16-7-5-4-6-8-16/h4-8,17,23H,9-15H2,1-3H3. The van der Waals surface area contributed by atoms with Crippen molar-refractivity contribution >= 4 is 27.7 Å². The number of carbonyl (C=O) groups excluding carboxylic acids is 3. The Balaban J connectivity index is 1.49. The molecule has 2 unspecified atom stereocenters. The summed E-state index contributed by atoms with van der Waals surface area (Å²) in [6.07, 6.45) is 1.84. The van der Waals surface area contributed by atoms with Gasteiger partial charge in [-0.05, 0) is 29.7 Å². The van der Waals surface area contributed by atoms with Crippen molar-refractivity contribution in [3.05, 3.63) is 35.9 Å². The van der Waals surface area contributed by atoms with Crippen molar-refractivity contribution < 1.29 is 27.5 Å². The minimum Gasteiger partial charge on any atom is -0.459 e. The number of nitrogens with zero attached hydrogens (tertiary/aromatic N) is 1. The number of Topliss-reactive ketones (excluding diaryl/α,β-unsaturated/α-hetero) is 1. The quantitative estimate of drug-likeness (QED) is 0.571. The van der Waals surface area contributed by atoms with Gasteiger partial charge in [0.2, 0.25) is 15.9 Å². The van der Waals surface area contributed by atoms with Gasteiger partial charge in [0.05, 0.1) is 12.3 Å². The number of amides is 1. The molecule has 0 radical (unpaired) electrons. The van der Waals surface area contributed by atoms with E-state index in [0.29, 0.717) is 12.8 Å². The Morgan fingerprint density at radius 3 is 2.48 bits per heavy atom. The van der Waals surface area contributed by atoms with Crippen LogP contribution in [0.25, 0.3) is 0 Å². The van der Waals surface area contributed by atoms with Gasteiger partial charge in [0.25, 0.3) is 0 Å². The van der Waals surface area contributed by atoms with E-state index < -0.39 is 33.9 Å². The highest BCUT2D eigenvalue weighted by Crippen LogP contribution is 2.64. The number of carbonyl (C=O) groups is 3. The Hall–Kier alpha value is -2.26. The third kappa shape index (κ3) is 4.82. The molecular formula is C22H30N2O6S. The highest BCUT2D eigenvalue weighted by atomic mass is 32.2. The Kier molecular flexibility index (Phi) is 6.57. The number of rotatable bonds is 9. The third-order valence-electron chi connectivity index (χ3n) is 7.05. The van der Waals surface area contributed by atoms with Crippen molar-refractivity contribution in [3.8, 4) is 0 Å². The molecule has 3 rings (SSSR count). The van der Waals surface area contributed by atoms with E-state index in [1.165, 1.54) is 7.05 Å². The predicted octanol–water partition coefficient (Wildman–Crippen LogP) is 1.50. The number of sulfonamides is 1. The van der Waals surface area contributed by atoms with E-state index in [2.05, 4.69) is 4.72 Å². The van der Waals surface area contributed by atoms with Crippen LogP contribution < -0.4 is 4.72 Å². The van der Waals surface area contributed by atoms with Gasteiger partial charge in [0.1, 0.15) is 18.9 Å². The van der Waals surface area contributed by atoms with Crippen molar-refractivity contribution in [2.45, 2.75) is 39.7 Å². The van der Waals surface area contributed by atoms with Crippen LogP contribution in [-0.4, -0.2) is 56.9 Å². The van der Waals surface area contributed by atoms with Crippen LogP contribution in [0.5, 0.6) is 0 Å². The molecule has 31 heavy (non-hydrogen) atoms. The molecular weight excluding hydrogens is 420 g/mol. The molecule has 2 atom stereocenters. The number of fused-ring (bicyclic) bond motifs is 2. The summed E-state index contributed by atoms with van der Waals surface area (Å²) in [4.78, 5) is 38.0. The highest BCUT2D eigenvalue weighted by Gasteiger charge is 2.65. The largest absolute Gasteiger partial charge is 0.459 e. The van der Waals surface area contributed by atoms with Crippen molar-refractivity contribution in [1.29, 1.82) is 0 Å². The van der Waals surface area contributed by atoms with Crippen LogP contribution >= 0.6 is 0 Å². The first-order valence-corrected chi connectivity index (χ1v) is 12.1. The number of ketones is 1. The maximum Gasteiger partial charge on any atom is 0.325 e. The van der Waals surface area contributed by atoms with Gasteiger partial charge in [-0.2, -0.15) is 0 Å². The molecule has 8 nitrogen and oxygen atoms in total. The summed E-state index contributed by atoms with van der Waals surface area (Å²) in [7, 11) is -2.44. The van der Waals surface area contributed by atoms with Gasteiger partial charge in [-0.25, -0.2) is 13.1 Å². The number of ether oxygens (including phenoxy) is 1. The fourth-order valence-electron chi connectivity index (χ4n) is 4.86. The van der Waals surface area contributed by atoms with Crippen LogP contribution in [0.3, 0.4) is 0 Å². The molecule has 9 heteroatoms. The molecule has 0 aliphatic heterocycles. The van der Waals surface area contributed by atoms with E-state index in [1.807, 2.05) is 44.2 Å². The van der Waals surface area contributed by atoms with Crippen molar-refractivity contribution in [3.63, 3.8) is 0 Å². The van der Waals surface area contributed by atoms with Gasteiger partial charge in [-0.3, -0.25) is 14.4 Å². The fourth-order valence-corrected chi connectivity index (χ4v) is 6.63. The maximum atomic E-state index is 12.7. The van der Waals surface area contributed by atoms with Crippen LogP contribution in [0.2, 0.25) is 0 Å². The minimum atomic E-state index is -3.85. The molecule has 0 saturated heterocycles. The summed E-state index contributed by atoms with van der Waals surface area (Å²) < 4.78 is 32.8. The molecule has 0 heterocycles. The lowest BCUT2D eigenvalue weighted by molar-refractivity contribution is -0.149. The van der Waals surface area contributed by atoms with Crippen LogP contribution in [0.4, 0.5) is 0 Å². The second kappa shape index (κ2) is 8.70. The number of likely N-dealkylation sites (N-methyl/N-ethyl adjacent to an activating group) is 1. The monoisotopic (exact) mass is 450 g/mol. The Morgan fingerprint density at radius 2 is 1.90 bits per heavy atom. The molecule has 2 aliphatic rings. The van der Waals surface area contributed by atoms with E-state index in [4.69, 9.17) is 4.74 Å². The Morgan fingerprint density at radius 1 is 1.23 bits per heavy atom. The molecule has 2 fully saturated rings. The van der Waals surface area contributed by atoms with Crippen LogP contribution in [-0.2, 0) is 35.8 Å². The average molecular weight is 451 g/mol. The van der Waals surface area contributed by atoms with Gasteiger partial charge in [0, 0.05) is 18.9 Å². The van der Waals surface area contributed by atoms with Crippen molar-refractivity contribution in [2.24, 2.45) is 16.7 Å². The van der Waals surface area contributed by atoms with Gasteiger partial charge in [-0.15, -0.1) is 0 Å². The Bertz CT molecular complexity index is 959. The first kappa shape index (κ1) is 23.4. The van der Waals surface area contributed by atoms with Gasteiger partial charge >= 0.3 is 5.97 Å². The zero-order chi connectivity index (χ0) is 22.9. The van der Waals surface area contributed by atoms with E-state index in [0.717, 1.165) is 16.9 Å². The fraction of sp³-hybridized carbons (Fsp3) is 0.591. The summed E-state index contributed by atoms with van der Waals surface area (Å²) in [6, 6.07) is 9.15. The second-order valence-electron chi connectivity index (χ2n) is 9.14. The summed E-state index contributed by atoms with van der Waals surface area (Å²) in [5, 5.41) is 0. The smallest absolute Gasteiger partial charge is 0.325 e. The van der Waals surface area contributed by atoms with Gasteiger partial charge < -0.3 is 9.64 Å². The van der Waals surface area contributed by atoms with Crippen molar-refractivity contribution in [1.82, 2.24) is 9.62 Å². The maximum absolute atomic E-state index is 12.7. The third-order valence-corrected chi connectivity index (χ3v) is 8.51. The zero-order valence-electron chi connectivity index (χ0n) is 18.2. The summed E-state index contributed by atoms with van der Waals surface area (Å²) >= 11 is 0. The molecule has 1 N–H and O–H groups in total. The van der Waals surface area contributed by atoms with Crippen LogP contribution in [0.15, 0.2) is 30.3 Å². The lowest BCUT2D eigenvalue weighted by Crippen LogP contribution is -2.47. The molecule has 2 bridgehead atoms. The highest BCUT2D eigenvalue weighted by molar-refractivity contribution is 7.89. The predicted molar refractivity (Wildman–Crippen MR) is 114 cm³/mol. The van der Waals surface area contributed by atoms with E-state index >= 15 is 0 Å². The number of hydrogen-bond donors (Lipinski definition) is 1. The topological polar surface area (TPSA) is 110 Å². The average Bonchev–Trinajstić information content (AvgIpc) is 3.05. The van der Waals surface area contributed by atoms with E-state index in [1.54, 1.807) is 0 Å². The minimum absolute atomic E-state index is 0.00345. The lowest BCUT2D eigenvalue weighted by atomic mass is 9.70. The molecule has 2 aliphatic carbocycles. The normalized spacial score (nSPS) is 24.2. The molecule has 1 aromatic carbocycles.